The van der Waals surface area contributed by atoms with Crippen LogP contribution in [0.4, 0.5) is 0 Å². The number of hydrogen-bond donors (Lipinski definition) is 0. The van der Waals surface area contributed by atoms with Crippen LogP contribution in [-0.4, -0.2) is 0 Å². The van der Waals surface area contributed by atoms with Gasteiger partial charge >= 0.3 is 0 Å². The zero-order valence-corrected chi connectivity index (χ0v) is 14.8. The van der Waals surface area contributed by atoms with Crippen LogP contribution < -0.4 is 0 Å². The monoisotopic (exact) mass is 278 g/mol. The highest BCUT2D eigenvalue weighted by Crippen LogP contribution is 2.47. The van der Waals surface area contributed by atoms with Crippen molar-refractivity contribution in [3.05, 3.63) is 12.8 Å². The van der Waals surface area contributed by atoms with Crippen molar-refractivity contribution in [1.29, 1.82) is 0 Å². The summed E-state index contributed by atoms with van der Waals surface area (Å²) in [5.74, 6) is 4.45. The van der Waals surface area contributed by atoms with Crippen LogP contribution in [0.3, 0.4) is 0 Å². The maximum atomic E-state index is 4.06. The summed E-state index contributed by atoms with van der Waals surface area (Å²) in [4.78, 5) is 0. The average Bonchev–Trinajstić information content (AvgIpc) is 2.58. The number of unbranched alkanes of at least 4 members (excludes halogenated alkanes) is 1. The Balaban J connectivity index is 2.85. The van der Waals surface area contributed by atoms with Gasteiger partial charge in [-0.05, 0) is 54.8 Å². The standard InChI is InChI=1S/C20H38/c1-7-8-12-17(15-16(2)3)18-13-10-9-11-14-19(18)20(4,5)6/h16-17,19H,1,7-15H2,2-6H3. The summed E-state index contributed by atoms with van der Waals surface area (Å²) < 4.78 is 0. The molecule has 0 amide bonds. The van der Waals surface area contributed by atoms with E-state index in [1.54, 1.807) is 0 Å². The van der Waals surface area contributed by atoms with E-state index >= 15 is 0 Å². The van der Waals surface area contributed by atoms with Gasteiger partial charge in [0.2, 0.25) is 0 Å². The Bertz CT molecular complexity index is 245. The zero-order valence-electron chi connectivity index (χ0n) is 14.8. The minimum atomic E-state index is 0.444. The maximum Gasteiger partial charge on any atom is -0.0174 e. The van der Waals surface area contributed by atoms with Crippen molar-refractivity contribution < 1.29 is 0 Å². The van der Waals surface area contributed by atoms with Crippen molar-refractivity contribution in [2.75, 3.05) is 0 Å². The normalized spacial score (nSPS) is 23.9. The molecule has 0 nitrogen and oxygen atoms in total. The van der Waals surface area contributed by atoms with E-state index in [4.69, 9.17) is 0 Å². The summed E-state index contributed by atoms with van der Waals surface area (Å²) in [5, 5.41) is 0. The van der Waals surface area contributed by atoms with Crippen molar-refractivity contribution in [3.63, 3.8) is 0 Å². The van der Waals surface area contributed by atoms with E-state index in [9.17, 15) is 0 Å². The maximum absolute atomic E-state index is 4.06. The highest BCUT2D eigenvalue weighted by Gasteiger charge is 2.37. The SMILES string of the molecule is [CH2]CCCC(CC(C)C)[C]1CCCCCC1C(C)(C)C. The Morgan fingerprint density at radius 3 is 2.40 bits per heavy atom. The first-order valence-electron chi connectivity index (χ1n) is 9.01. The Morgan fingerprint density at radius 2 is 1.85 bits per heavy atom. The molecule has 20 heavy (non-hydrogen) atoms. The molecule has 1 aliphatic rings. The molecule has 1 fully saturated rings. The summed E-state index contributed by atoms with van der Waals surface area (Å²) in [6.45, 7) is 16.2. The van der Waals surface area contributed by atoms with Gasteiger partial charge in [0.1, 0.15) is 0 Å². The molecule has 2 radical (unpaired) electrons. The molecule has 118 valence electrons. The summed E-state index contributed by atoms with van der Waals surface area (Å²) >= 11 is 0. The molecule has 1 rings (SSSR count). The summed E-state index contributed by atoms with van der Waals surface area (Å²) in [6.07, 6.45) is 12.3. The van der Waals surface area contributed by atoms with Crippen molar-refractivity contribution in [3.8, 4) is 0 Å². The second kappa shape index (κ2) is 8.44. The van der Waals surface area contributed by atoms with Gasteiger partial charge in [0.25, 0.3) is 0 Å². The zero-order chi connectivity index (χ0) is 15.2. The van der Waals surface area contributed by atoms with Crippen LogP contribution in [-0.2, 0) is 0 Å². The van der Waals surface area contributed by atoms with Crippen LogP contribution in [0.15, 0.2) is 0 Å². The van der Waals surface area contributed by atoms with Gasteiger partial charge in [0.05, 0.1) is 0 Å². The van der Waals surface area contributed by atoms with E-state index in [-0.39, 0.29) is 0 Å². The molecule has 0 N–H and O–H groups in total. The van der Waals surface area contributed by atoms with Gasteiger partial charge in [0.15, 0.2) is 0 Å². The van der Waals surface area contributed by atoms with Crippen molar-refractivity contribution in [2.45, 2.75) is 92.4 Å². The fraction of sp³-hybridized carbons (Fsp3) is 0.900. The third-order valence-corrected chi connectivity index (χ3v) is 5.03. The highest BCUT2D eigenvalue weighted by molar-refractivity contribution is 5.06. The Hall–Kier alpha value is 0. The largest absolute Gasteiger partial charge is 0.0628 e. The van der Waals surface area contributed by atoms with Crippen molar-refractivity contribution in [1.82, 2.24) is 0 Å². The molecule has 2 atom stereocenters. The minimum absolute atomic E-state index is 0.444. The minimum Gasteiger partial charge on any atom is -0.0628 e. The fourth-order valence-corrected chi connectivity index (χ4v) is 4.11. The lowest BCUT2D eigenvalue weighted by Gasteiger charge is -2.41. The van der Waals surface area contributed by atoms with Gasteiger partial charge in [-0.2, -0.15) is 0 Å². The lowest BCUT2D eigenvalue weighted by atomic mass is 9.64. The first kappa shape index (κ1) is 18.1. The van der Waals surface area contributed by atoms with E-state index in [0.717, 1.165) is 24.2 Å². The van der Waals surface area contributed by atoms with E-state index in [1.165, 1.54) is 51.4 Å². The van der Waals surface area contributed by atoms with Crippen LogP contribution in [0.1, 0.15) is 92.4 Å². The predicted octanol–water partition coefficient (Wildman–Crippen LogP) is 6.85. The van der Waals surface area contributed by atoms with Gasteiger partial charge in [-0.15, -0.1) is 0 Å². The molecule has 0 heterocycles. The van der Waals surface area contributed by atoms with Gasteiger partial charge < -0.3 is 0 Å². The molecule has 0 heteroatoms. The molecule has 0 aromatic rings. The van der Waals surface area contributed by atoms with E-state index in [2.05, 4.69) is 41.5 Å². The van der Waals surface area contributed by atoms with Crippen LogP contribution in [0, 0.1) is 36.0 Å². The Labute approximate surface area is 129 Å². The van der Waals surface area contributed by atoms with E-state index < -0.39 is 0 Å². The topological polar surface area (TPSA) is 0 Å². The van der Waals surface area contributed by atoms with Crippen molar-refractivity contribution in [2.24, 2.45) is 23.2 Å². The predicted molar refractivity (Wildman–Crippen MR) is 91.4 cm³/mol. The molecule has 0 aliphatic heterocycles. The smallest absolute Gasteiger partial charge is 0.0174 e. The third kappa shape index (κ3) is 5.78. The molecule has 0 bridgehead atoms. The van der Waals surface area contributed by atoms with E-state index in [1.807, 2.05) is 5.92 Å². The molecule has 2 unspecified atom stereocenters. The molecule has 0 aromatic carbocycles. The lowest BCUT2D eigenvalue weighted by molar-refractivity contribution is 0.194. The lowest BCUT2D eigenvalue weighted by Crippen LogP contribution is -2.31. The second-order valence-corrected chi connectivity index (χ2v) is 8.42. The summed E-state index contributed by atoms with van der Waals surface area (Å²) in [7, 11) is 0. The van der Waals surface area contributed by atoms with Crippen LogP contribution in [0.2, 0.25) is 0 Å². The average molecular weight is 279 g/mol. The second-order valence-electron chi connectivity index (χ2n) is 8.42. The Kier molecular flexibility index (Phi) is 7.62. The van der Waals surface area contributed by atoms with E-state index in [0.29, 0.717) is 5.41 Å². The van der Waals surface area contributed by atoms with Gasteiger partial charge in [-0.3, -0.25) is 0 Å². The molecular weight excluding hydrogens is 240 g/mol. The molecule has 1 aliphatic carbocycles. The first-order chi connectivity index (χ1) is 9.36. The van der Waals surface area contributed by atoms with Crippen LogP contribution >= 0.6 is 0 Å². The van der Waals surface area contributed by atoms with Gasteiger partial charge in [-0.25, -0.2) is 0 Å². The third-order valence-electron chi connectivity index (χ3n) is 5.03. The van der Waals surface area contributed by atoms with Crippen LogP contribution in [0.5, 0.6) is 0 Å². The molecule has 0 spiro atoms. The summed E-state index contributed by atoms with van der Waals surface area (Å²) in [6, 6.07) is 0. The van der Waals surface area contributed by atoms with Gasteiger partial charge in [-0.1, -0.05) is 73.6 Å². The molecule has 0 saturated heterocycles. The molecule has 1 saturated carbocycles. The molecule has 0 aromatic heterocycles. The van der Waals surface area contributed by atoms with Crippen LogP contribution in [0.25, 0.3) is 0 Å². The number of rotatable bonds is 6. The Morgan fingerprint density at radius 1 is 1.15 bits per heavy atom. The first-order valence-corrected chi connectivity index (χ1v) is 9.01. The molecular formula is C20H38. The summed E-state index contributed by atoms with van der Waals surface area (Å²) in [5.41, 5.74) is 0.444. The fourth-order valence-electron chi connectivity index (χ4n) is 4.11. The van der Waals surface area contributed by atoms with Gasteiger partial charge in [0, 0.05) is 0 Å². The quantitative estimate of drug-likeness (QED) is 0.466. The number of hydrogen-bond acceptors (Lipinski definition) is 0. The van der Waals surface area contributed by atoms with Crippen molar-refractivity contribution >= 4 is 0 Å². The highest BCUT2D eigenvalue weighted by atomic mass is 14.4.